The molecule has 1 fully saturated rings. The summed E-state index contributed by atoms with van der Waals surface area (Å²) in [6.45, 7) is 1.61. The van der Waals surface area contributed by atoms with Gasteiger partial charge in [0.15, 0.2) is 0 Å². The smallest absolute Gasteiger partial charge is 0.331 e. The number of nitrogens with zero attached hydrogens (tertiary/aromatic N) is 3. The van der Waals surface area contributed by atoms with Crippen molar-refractivity contribution in [2.45, 2.75) is 45.6 Å². The molecule has 5 rings (SSSR count). The Hall–Kier alpha value is -3.24. The summed E-state index contributed by atoms with van der Waals surface area (Å²) in [7, 11) is -0.721. The second-order valence-electron chi connectivity index (χ2n) is 11.6. The number of benzene rings is 3. The average molecular weight is 855 g/mol. The number of anilines is 1. The minimum absolute atomic E-state index is 0.0584. The summed E-state index contributed by atoms with van der Waals surface area (Å²) in [5, 5.41) is 21.5. The van der Waals surface area contributed by atoms with E-state index in [1.54, 1.807) is 30.3 Å². The molecule has 4 aromatic rings. The third-order valence-electron chi connectivity index (χ3n) is 8.64. The van der Waals surface area contributed by atoms with Gasteiger partial charge < -0.3 is 4.57 Å². The Morgan fingerprint density at radius 3 is 2.35 bits per heavy atom. The first kappa shape index (κ1) is 34.1. The average Bonchev–Trinajstić information content (AvgIpc) is 3.28. The summed E-state index contributed by atoms with van der Waals surface area (Å²) in [6, 6.07) is 15.1. The fourth-order valence-corrected chi connectivity index (χ4v) is 8.59. The third-order valence-corrected chi connectivity index (χ3v) is 13.5. The van der Waals surface area contributed by atoms with Crippen molar-refractivity contribution in [2.75, 3.05) is 18.0 Å². The molecule has 1 aromatic heterocycles. The number of sulfonamides is 1. The number of hydrogen-bond acceptors (Lipinski definition) is 7. The van der Waals surface area contributed by atoms with Gasteiger partial charge in [-0.15, -0.1) is 0 Å². The fourth-order valence-electron chi connectivity index (χ4n) is 5.93. The molecule has 1 saturated carbocycles. The van der Waals surface area contributed by atoms with Crippen molar-refractivity contribution < 1.29 is 41.3 Å². The van der Waals surface area contributed by atoms with Crippen LogP contribution in [0.3, 0.4) is 0 Å². The zero-order chi connectivity index (χ0) is 33.8. The first-order chi connectivity index (χ1) is 21.3. The number of carboxylic acids is 1. The Kier molecular flexibility index (Phi) is 8.96. The van der Waals surface area contributed by atoms with Gasteiger partial charge in [0, 0.05) is 7.05 Å². The van der Waals surface area contributed by atoms with Crippen LogP contribution in [0.1, 0.15) is 35.7 Å². The quantitative estimate of drug-likeness (QED) is 0.222. The number of ether oxygens (including phenoxy) is 1. The number of carboxylic acid groups (broad SMARTS) is 1. The number of alkyl halides is 3. The number of imidazole rings is 1. The Balaban J connectivity index is 1.40. The van der Waals surface area contributed by atoms with Crippen molar-refractivity contribution in [3.05, 3.63) is 83.7 Å². The molecule has 245 valence electrons. The summed E-state index contributed by atoms with van der Waals surface area (Å²) in [6.07, 6.45) is -4.71. The first-order valence-corrected chi connectivity index (χ1v) is 17.1. The molecule has 4 N–H and O–H groups in total. The molecule has 0 unspecified atom stereocenters. The van der Waals surface area contributed by atoms with Crippen LogP contribution in [0, 0.1) is 12.8 Å². The molecule has 0 bridgehead atoms. The fraction of sp³-hybridized carbons (Fsp3) is 0.355. The van der Waals surface area contributed by atoms with Crippen LogP contribution in [0.25, 0.3) is 11.0 Å². The summed E-state index contributed by atoms with van der Waals surface area (Å²) < 4.78 is 73.3. The number of nitrogens with two attached hydrogens (primary N) is 1. The van der Waals surface area contributed by atoms with Crippen molar-refractivity contribution in [3.8, 4) is 5.75 Å². The van der Waals surface area contributed by atoms with Gasteiger partial charge in [0.2, 0.25) is 0 Å². The number of halogens is 3. The maximum absolute atomic E-state index is 13.5. The molecule has 10 nitrogen and oxygen atoms in total. The van der Waals surface area contributed by atoms with Crippen LogP contribution in [0.15, 0.2) is 71.6 Å². The number of hydrogen-bond donors (Lipinski definition) is 3. The van der Waals surface area contributed by atoms with Crippen LogP contribution < -0.4 is 14.8 Å². The number of aliphatic carboxylic acids is 1. The van der Waals surface area contributed by atoms with Gasteiger partial charge in [-0.25, -0.2) is 0 Å². The van der Waals surface area contributed by atoms with Gasteiger partial charge in [-0.3, -0.25) is 0 Å². The molecular weight excluding hydrogens is 822 g/mol. The minimum atomic E-state index is -4.52. The second kappa shape index (κ2) is 12.1. The van der Waals surface area contributed by atoms with Crippen LogP contribution >= 0.6 is 0 Å². The van der Waals surface area contributed by atoms with Crippen LogP contribution in [0.5, 0.6) is 5.75 Å². The number of rotatable bonds is 8. The van der Waals surface area contributed by atoms with Gasteiger partial charge >= 0.3 is 256 Å². The molecule has 0 aliphatic heterocycles. The number of aryl methyl sites for hydroxylation is 2. The van der Waals surface area contributed by atoms with Crippen LogP contribution in [0.2, 0.25) is 3.07 Å². The molecule has 46 heavy (non-hydrogen) atoms. The minimum Gasteiger partial charge on any atom is -0.331 e. The van der Waals surface area contributed by atoms with E-state index in [9.17, 15) is 36.6 Å². The molecule has 3 aromatic carbocycles. The van der Waals surface area contributed by atoms with E-state index in [-0.39, 0.29) is 30.1 Å². The van der Waals surface area contributed by atoms with Gasteiger partial charge in [-0.2, -0.15) is 0 Å². The molecule has 0 spiro atoms. The van der Waals surface area contributed by atoms with Crippen molar-refractivity contribution in [2.24, 2.45) is 18.7 Å². The Bertz CT molecular complexity index is 1880. The molecule has 1 aliphatic rings. The van der Waals surface area contributed by atoms with E-state index in [4.69, 9.17) is 10.5 Å². The Labute approximate surface area is 279 Å². The van der Waals surface area contributed by atoms with E-state index in [1.807, 2.05) is 18.5 Å². The Morgan fingerprint density at radius 2 is 1.76 bits per heavy atom. The van der Waals surface area contributed by atoms with Crippen LogP contribution in [-0.4, -0.2) is 78.6 Å². The van der Waals surface area contributed by atoms with E-state index in [2.05, 4.69) is 4.98 Å². The van der Waals surface area contributed by atoms with E-state index < -0.39 is 48.4 Å². The summed E-state index contributed by atoms with van der Waals surface area (Å²) >= 11 is 0.681. The Morgan fingerprint density at radius 1 is 1.13 bits per heavy atom. The molecule has 0 amide bonds. The van der Waals surface area contributed by atoms with Gasteiger partial charge in [0.1, 0.15) is 5.82 Å². The number of carbonyl (C=O) groups is 1. The van der Waals surface area contributed by atoms with Gasteiger partial charge in [-0.05, 0) is 6.92 Å². The molecular formula is C31H32F3N4O6PoS. The van der Waals surface area contributed by atoms with E-state index >= 15 is 0 Å². The van der Waals surface area contributed by atoms with Gasteiger partial charge in [0.25, 0.3) is 0 Å². The van der Waals surface area contributed by atoms with E-state index in [1.165, 1.54) is 19.2 Å². The molecule has 0 saturated heterocycles. The summed E-state index contributed by atoms with van der Waals surface area (Å²) in [5.74, 6) is -1.86. The summed E-state index contributed by atoms with van der Waals surface area (Å²) in [4.78, 5) is 17.3. The second-order valence-corrected chi connectivity index (χ2v) is 16.2. The predicted molar refractivity (Wildman–Crippen MR) is 165 cm³/mol. The van der Waals surface area contributed by atoms with Crippen molar-refractivity contribution in [1.82, 2.24) is 9.55 Å². The first-order valence-electron chi connectivity index (χ1n) is 14.1. The molecule has 1 heterocycles. The number of aliphatic hydroxyl groups is 1. The molecule has 1 aliphatic carbocycles. The van der Waals surface area contributed by atoms with Crippen molar-refractivity contribution >= 4 is 57.8 Å². The van der Waals surface area contributed by atoms with Crippen molar-refractivity contribution in [1.29, 1.82) is 0 Å². The van der Waals surface area contributed by atoms with Crippen LogP contribution in [0.4, 0.5) is 18.9 Å². The summed E-state index contributed by atoms with van der Waals surface area (Å²) in [5.41, 5.74) is 5.79. The zero-order valence-electron chi connectivity index (χ0n) is 25.0. The van der Waals surface area contributed by atoms with Crippen molar-refractivity contribution in [3.63, 3.8) is 0 Å². The number of fused-ring (bicyclic) bond motifs is 1. The maximum atomic E-state index is 13.5. The molecule has 4 atom stereocenters. The zero-order valence-corrected chi connectivity index (χ0v) is 29.0. The van der Waals surface area contributed by atoms with Crippen LogP contribution in [-0.2, 0) is 28.0 Å². The standard InChI is InChI=1S/C31H32F3N4O6S.Po/c1-18-36-26-14-24(12-13-27(26)37(18)2)45(42,43)38(3)22-8-4-19(5-9-22)25-16-30(35,41)15-20(28(25)29(39)40)17-44-23-10-6-21(7-11-23)31(32,33)34;/h4-14,20,25,41H,15-17,35H2,1-3H3,(H,39,40);/t20-,25+,30+;/m0./s1. The van der Waals surface area contributed by atoms with E-state index in [0.717, 1.165) is 39.9 Å². The SMILES string of the molecule is Cc1nc2cc(S(=O)(=O)N(C)c3ccc([C@H]4C[C@](N)(O)C[C@@H](COc5ccc(C(F)(F)F)cc5)[C@@]4([Po])C(=O)O)cc3)ccc2n1C. The third kappa shape index (κ3) is 6.35. The van der Waals surface area contributed by atoms with E-state index in [0.29, 0.717) is 41.8 Å². The predicted octanol–water partition coefficient (Wildman–Crippen LogP) is 4.36. The number of aromatic nitrogens is 2. The monoisotopic (exact) mass is 854 g/mol. The normalized spacial score (nSPS) is 23.8. The molecule has 15 heteroatoms. The van der Waals surface area contributed by atoms with Gasteiger partial charge in [0.05, 0.1) is 0 Å². The van der Waals surface area contributed by atoms with Gasteiger partial charge in [-0.1, -0.05) is 0 Å². The topological polar surface area (TPSA) is 148 Å². The molecule has 1 radical (unpaired) electrons.